The number of benzene rings is 2. The molecule has 0 spiro atoms. The molecule has 1 heterocycles. The number of ether oxygens (including phenoxy) is 2. The van der Waals surface area contributed by atoms with Crippen molar-refractivity contribution in [3.63, 3.8) is 0 Å². The van der Waals surface area contributed by atoms with Gasteiger partial charge < -0.3 is 14.4 Å². The molecule has 2 aromatic carbocycles. The van der Waals surface area contributed by atoms with E-state index in [9.17, 15) is 4.79 Å². The third kappa shape index (κ3) is 6.53. The number of halogens is 1. The van der Waals surface area contributed by atoms with Crippen LogP contribution in [0.15, 0.2) is 47.8 Å². The second-order valence-electron chi connectivity index (χ2n) is 7.30. The highest BCUT2D eigenvalue weighted by Crippen LogP contribution is 2.23. The van der Waals surface area contributed by atoms with E-state index in [-0.39, 0.29) is 5.91 Å². The zero-order valence-corrected chi connectivity index (χ0v) is 19.6. The SMILES string of the molecule is COCCCN(Cc1csc(COc2cccc(C)c2C)n1)C(=O)c1ccc(Cl)cc1. The van der Waals surface area contributed by atoms with Crippen molar-refractivity contribution in [1.29, 1.82) is 0 Å². The minimum absolute atomic E-state index is 0.0473. The molecular weight excluding hydrogens is 432 g/mol. The van der Waals surface area contributed by atoms with E-state index in [1.807, 2.05) is 17.5 Å². The molecule has 0 aliphatic carbocycles. The van der Waals surface area contributed by atoms with Gasteiger partial charge in [-0.2, -0.15) is 0 Å². The molecule has 3 rings (SSSR count). The number of thiazole rings is 1. The van der Waals surface area contributed by atoms with Crippen molar-refractivity contribution in [3.8, 4) is 5.75 Å². The van der Waals surface area contributed by atoms with Gasteiger partial charge in [0.2, 0.25) is 0 Å². The van der Waals surface area contributed by atoms with Crippen LogP contribution in [0.4, 0.5) is 0 Å². The zero-order chi connectivity index (χ0) is 22.2. The Labute approximate surface area is 192 Å². The normalized spacial score (nSPS) is 10.8. The molecule has 0 bridgehead atoms. The van der Waals surface area contributed by atoms with Crippen LogP contribution in [0.1, 0.15) is 38.6 Å². The second-order valence-corrected chi connectivity index (χ2v) is 8.68. The maximum atomic E-state index is 13.0. The number of hydrogen-bond acceptors (Lipinski definition) is 5. The molecule has 1 amide bonds. The minimum atomic E-state index is -0.0473. The predicted molar refractivity (Wildman–Crippen MR) is 125 cm³/mol. The largest absolute Gasteiger partial charge is 0.486 e. The molecule has 5 nitrogen and oxygen atoms in total. The smallest absolute Gasteiger partial charge is 0.254 e. The first kappa shape index (κ1) is 23.3. The van der Waals surface area contributed by atoms with Gasteiger partial charge in [0.25, 0.3) is 5.91 Å². The van der Waals surface area contributed by atoms with Crippen LogP contribution in [0.25, 0.3) is 0 Å². The van der Waals surface area contributed by atoms with Crippen molar-refractivity contribution in [3.05, 3.63) is 80.3 Å². The Morgan fingerprint density at radius 3 is 2.68 bits per heavy atom. The number of methoxy groups -OCH3 is 1. The molecule has 164 valence electrons. The first-order chi connectivity index (χ1) is 15.0. The summed E-state index contributed by atoms with van der Waals surface area (Å²) in [5, 5.41) is 3.47. The van der Waals surface area contributed by atoms with Crippen LogP contribution in [-0.4, -0.2) is 36.1 Å². The molecule has 0 fully saturated rings. The van der Waals surface area contributed by atoms with Crippen molar-refractivity contribution in [2.75, 3.05) is 20.3 Å². The lowest BCUT2D eigenvalue weighted by Crippen LogP contribution is -2.32. The highest BCUT2D eigenvalue weighted by molar-refractivity contribution is 7.09. The maximum Gasteiger partial charge on any atom is 0.254 e. The van der Waals surface area contributed by atoms with Gasteiger partial charge in [-0.1, -0.05) is 23.7 Å². The summed E-state index contributed by atoms with van der Waals surface area (Å²) in [5.41, 5.74) is 3.79. The Morgan fingerprint density at radius 2 is 1.94 bits per heavy atom. The quantitative estimate of drug-likeness (QED) is 0.367. The molecule has 0 atom stereocenters. The number of amides is 1. The third-order valence-electron chi connectivity index (χ3n) is 5.01. The van der Waals surface area contributed by atoms with Crippen LogP contribution in [0.5, 0.6) is 5.75 Å². The topological polar surface area (TPSA) is 51.7 Å². The second kappa shape index (κ2) is 11.3. The zero-order valence-electron chi connectivity index (χ0n) is 18.1. The van der Waals surface area contributed by atoms with Crippen molar-refractivity contribution >= 4 is 28.8 Å². The number of aromatic nitrogens is 1. The van der Waals surface area contributed by atoms with Gasteiger partial charge in [0.15, 0.2) is 0 Å². The van der Waals surface area contributed by atoms with Crippen molar-refractivity contribution in [2.24, 2.45) is 0 Å². The van der Waals surface area contributed by atoms with Crippen LogP contribution in [0.3, 0.4) is 0 Å². The molecule has 0 aliphatic heterocycles. The van der Waals surface area contributed by atoms with Crippen molar-refractivity contribution in [1.82, 2.24) is 9.88 Å². The van der Waals surface area contributed by atoms with Crippen LogP contribution in [0, 0.1) is 13.8 Å². The van der Waals surface area contributed by atoms with Crippen LogP contribution >= 0.6 is 22.9 Å². The first-order valence-electron chi connectivity index (χ1n) is 10.1. The van der Waals surface area contributed by atoms with E-state index in [1.54, 1.807) is 47.6 Å². The van der Waals surface area contributed by atoms with Crippen LogP contribution in [0.2, 0.25) is 5.02 Å². The lowest BCUT2D eigenvalue weighted by atomic mass is 10.1. The molecule has 3 aromatic rings. The Balaban J connectivity index is 1.66. The molecule has 0 radical (unpaired) electrons. The van der Waals surface area contributed by atoms with Gasteiger partial charge >= 0.3 is 0 Å². The highest BCUT2D eigenvalue weighted by Gasteiger charge is 2.17. The van der Waals surface area contributed by atoms with Gasteiger partial charge in [-0.3, -0.25) is 4.79 Å². The van der Waals surface area contributed by atoms with Gasteiger partial charge in [0.1, 0.15) is 17.4 Å². The molecular formula is C24H27ClN2O3S. The lowest BCUT2D eigenvalue weighted by molar-refractivity contribution is 0.0721. The molecule has 0 saturated carbocycles. The monoisotopic (exact) mass is 458 g/mol. The Hall–Kier alpha value is -2.41. The molecule has 0 saturated heterocycles. The van der Waals surface area contributed by atoms with E-state index < -0.39 is 0 Å². The fourth-order valence-corrected chi connectivity index (χ4v) is 3.95. The van der Waals surface area contributed by atoms with Crippen molar-refractivity contribution in [2.45, 2.75) is 33.4 Å². The minimum Gasteiger partial charge on any atom is -0.486 e. The van der Waals surface area contributed by atoms with Crippen molar-refractivity contribution < 1.29 is 14.3 Å². The lowest BCUT2D eigenvalue weighted by Gasteiger charge is -2.22. The van der Waals surface area contributed by atoms with Gasteiger partial charge in [-0.05, 0) is 61.7 Å². The number of rotatable bonds is 10. The summed E-state index contributed by atoms with van der Waals surface area (Å²) in [5.74, 6) is 0.824. The summed E-state index contributed by atoms with van der Waals surface area (Å²) in [7, 11) is 1.66. The van der Waals surface area contributed by atoms with E-state index in [1.165, 1.54) is 5.56 Å². The summed E-state index contributed by atoms with van der Waals surface area (Å²) in [6, 6.07) is 13.0. The molecule has 1 aromatic heterocycles. The molecule has 31 heavy (non-hydrogen) atoms. The van der Waals surface area contributed by atoms with Crippen LogP contribution < -0.4 is 4.74 Å². The fraction of sp³-hybridized carbons (Fsp3) is 0.333. The van der Waals surface area contributed by atoms with Gasteiger partial charge in [-0.25, -0.2) is 4.98 Å². The average molecular weight is 459 g/mol. The fourth-order valence-electron chi connectivity index (χ4n) is 3.13. The van der Waals surface area contributed by atoms with E-state index in [0.29, 0.717) is 36.9 Å². The summed E-state index contributed by atoms with van der Waals surface area (Å²) < 4.78 is 11.1. The number of aryl methyl sites for hydroxylation is 1. The van der Waals surface area contributed by atoms with E-state index in [4.69, 9.17) is 21.1 Å². The summed E-state index contributed by atoms with van der Waals surface area (Å²) in [6.45, 7) is 6.14. The Bertz CT molecular complexity index is 1000. The van der Waals surface area contributed by atoms with E-state index in [0.717, 1.165) is 28.4 Å². The first-order valence-corrected chi connectivity index (χ1v) is 11.4. The maximum absolute atomic E-state index is 13.0. The van der Waals surface area contributed by atoms with Gasteiger partial charge in [0.05, 0.1) is 12.2 Å². The predicted octanol–water partition coefficient (Wildman–Crippen LogP) is 5.67. The van der Waals surface area contributed by atoms with E-state index in [2.05, 4.69) is 24.9 Å². The van der Waals surface area contributed by atoms with Gasteiger partial charge in [0, 0.05) is 36.2 Å². The molecule has 7 heteroatoms. The average Bonchev–Trinajstić information content (AvgIpc) is 3.21. The summed E-state index contributed by atoms with van der Waals surface area (Å²) in [4.78, 5) is 19.5. The van der Waals surface area contributed by atoms with Gasteiger partial charge in [-0.15, -0.1) is 11.3 Å². The molecule has 0 aliphatic rings. The van der Waals surface area contributed by atoms with E-state index >= 15 is 0 Å². The number of carbonyl (C=O) groups excluding carboxylic acids is 1. The third-order valence-corrected chi connectivity index (χ3v) is 6.14. The molecule has 0 N–H and O–H groups in total. The molecule has 0 unspecified atom stereocenters. The Kier molecular flexibility index (Phi) is 8.46. The highest BCUT2D eigenvalue weighted by atomic mass is 35.5. The van der Waals surface area contributed by atoms with Crippen LogP contribution in [-0.2, 0) is 17.9 Å². The number of nitrogens with zero attached hydrogens (tertiary/aromatic N) is 2. The summed E-state index contributed by atoms with van der Waals surface area (Å²) >= 11 is 7.50. The Morgan fingerprint density at radius 1 is 1.16 bits per heavy atom. The number of carbonyl (C=O) groups is 1. The standard InChI is InChI=1S/C24H27ClN2O3S/c1-17-6-4-7-22(18(17)2)30-15-23-26-21(16-31-23)14-27(12-5-13-29-3)24(28)19-8-10-20(25)11-9-19/h4,6-11,16H,5,12-15H2,1-3H3. The number of hydrogen-bond donors (Lipinski definition) is 0. The summed E-state index contributed by atoms with van der Waals surface area (Å²) in [6.07, 6.45) is 0.753.